The van der Waals surface area contributed by atoms with E-state index >= 15 is 0 Å². The maximum atomic E-state index is 7.50. The maximum absolute atomic E-state index is 7.50. The van der Waals surface area contributed by atoms with Gasteiger partial charge in [0, 0.05) is 10.6 Å². The lowest BCUT2D eigenvalue weighted by atomic mass is 9.82. The molecule has 1 aliphatic rings. The molecule has 1 unspecified atom stereocenters. The van der Waals surface area contributed by atoms with E-state index in [0.29, 0.717) is 10.9 Å². The predicted molar refractivity (Wildman–Crippen MR) is 144 cm³/mol. The highest BCUT2D eigenvalue weighted by Gasteiger charge is 2.35. The highest BCUT2D eigenvalue weighted by Crippen LogP contribution is 2.46. The van der Waals surface area contributed by atoms with E-state index in [1.165, 1.54) is 76.2 Å². The van der Waals surface area contributed by atoms with Crippen LogP contribution in [0.3, 0.4) is 0 Å². The molecule has 0 heterocycles. The van der Waals surface area contributed by atoms with Crippen LogP contribution in [0.1, 0.15) is 98.8 Å². The van der Waals surface area contributed by atoms with Crippen molar-refractivity contribution in [3.8, 4) is 0 Å². The molecule has 0 amide bonds. The zero-order chi connectivity index (χ0) is 22.9. The first-order chi connectivity index (χ1) is 16.2. The van der Waals surface area contributed by atoms with Crippen molar-refractivity contribution in [3.63, 3.8) is 0 Å². The Bertz CT molecular complexity index is 967. The molecule has 0 aliphatic heterocycles. The summed E-state index contributed by atoms with van der Waals surface area (Å²) in [6.07, 6.45) is 15.1. The molecule has 0 N–H and O–H groups in total. The van der Waals surface area contributed by atoms with E-state index in [-0.39, 0.29) is 0 Å². The Hall–Kier alpha value is -1.76. The molecular weight excluding hydrogens is 443 g/mol. The van der Waals surface area contributed by atoms with E-state index in [2.05, 4.69) is 36.4 Å². The largest absolute Gasteiger partial charge is 0.121 e. The normalized spacial score (nSPS) is 18.6. The molecule has 0 saturated heterocycles. The molecule has 0 spiro atoms. The Morgan fingerprint density at radius 1 is 0.545 bits per heavy atom. The first kappa shape index (κ1) is 24.4. The number of hydrogen-bond donors (Lipinski definition) is 0. The minimum Gasteiger partial charge on any atom is -0.103 e. The van der Waals surface area contributed by atoms with Crippen molar-refractivity contribution in [2.45, 2.75) is 81.4 Å². The molecule has 3 aromatic rings. The van der Waals surface area contributed by atoms with Crippen molar-refractivity contribution in [1.82, 2.24) is 0 Å². The second-order valence-corrected chi connectivity index (χ2v) is 10.6. The van der Waals surface area contributed by atoms with Gasteiger partial charge < -0.3 is 0 Å². The van der Waals surface area contributed by atoms with Gasteiger partial charge in [0.15, 0.2) is 0 Å². The SMILES string of the molecule is Clc1ccccc1C(Cl)(c1ccccc1)c1ccc(C2CCCCCCCCCCC2)cc1. The van der Waals surface area contributed by atoms with Crippen LogP contribution >= 0.6 is 23.2 Å². The lowest BCUT2D eigenvalue weighted by molar-refractivity contribution is 0.467. The van der Waals surface area contributed by atoms with Crippen LogP contribution in [0.2, 0.25) is 5.02 Å². The highest BCUT2D eigenvalue weighted by atomic mass is 35.5. The van der Waals surface area contributed by atoms with Crippen molar-refractivity contribution < 1.29 is 0 Å². The van der Waals surface area contributed by atoms with Gasteiger partial charge in [0.05, 0.1) is 0 Å². The molecule has 2 heteroatoms. The molecule has 0 nitrogen and oxygen atoms in total. The number of hydrogen-bond acceptors (Lipinski definition) is 0. The third-order valence-electron chi connectivity index (χ3n) is 7.30. The molecule has 1 atom stereocenters. The third kappa shape index (κ3) is 6.03. The summed E-state index contributed by atoms with van der Waals surface area (Å²) >= 11 is 14.2. The Balaban J connectivity index is 1.63. The number of rotatable bonds is 4. The van der Waals surface area contributed by atoms with Gasteiger partial charge in [-0.15, -0.1) is 11.6 Å². The van der Waals surface area contributed by atoms with Gasteiger partial charge in [0.25, 0.3) is 0 Å². The van der Waals surface area contributed by atoms with Crippen molar-refractivity contribution >= 4 is 23.2 Å². The van der Waals surface area contributed by atoms with Crippen LogP contribution in [-0.2, 0) is 4.87 Å². The average Bonchev–Trinajstić information content (AvgIpc) is 2.85. The Morgan fingerprint density at radius 3 is 1.61 bits per heavy atom. The second-order valence-electron chi connectivity index (χ2n) is 9.58. The van der Waals surface area contributed by atoms with Gasteiger partial charge >= 0.3 is 0 Å². The monoisotopic (exact) mass is 478 g/mol. The molecule has 1 saturated carbocycles. The first-order valence-electron chi connectivity index (χ1n) is 12.8. The van der Waals surface area contributed by atoms with Gasteiger partial charge in [-0.2, -0.15) is 0 Å². The minimum atomic E-state index is -0.815. The highest BCUT2D eigenvalue weighted by molar-refractivity contribution is 6.34. The molecule has 0 radical (unpaired) electrons. The molecule has 0 bridgehead atoms. The number of benzene rings is 3. The number of halogens is 2. The zero-order valence-electron chi connectivity index (χ0n) is 19.6. The van der Waals surface area contributed by atoms with Crippen molar-refractivity contribution in [2.24, 2.45) is 0 Å². The summed E-state index contributed by atoms with van der Waals surface area (Å²) in [6.45, 7) is 0. The van der Waals surface area contributed by atoms with Gasteiger partial charge in [-0.3, -0.25) is 0 Å². The molecular formula is C31H36Cl2. The summed E-state index contributed by atoms with van der Waals surface area (Å²) in [5.41, 5.74) is 4.50. The predicted octanol–water partition coefficient (Wildman–Crippen LogP) is 10.3. The van der Waals surface area contributed by atoms with Crippen LogP contribution in [0, 0.1) is 0 Å². The van der Waals surface area contributed by atoms with Gasteiger partial charge in [-0.05, 0) is 41.5 Å². The van der Waals surface area contributed by atoms with E-state index in [4.69, 9.17) is 23.2 Å². The second kappa shape index (κ2) is 12.1. The van der Waals surface area contributed by atoms with Gasteiger partial charge in [0.1, 0.15) is 4.87 Å². The summed E-state index contributed by atoms with van der Waals surface area (Å²) in [5.74, 6) is 0.653. The summed E-state index contributed by atoms with van der Waals surface area (Å²) in [5, 5.41) is 0.694. The van der Waals surface area contributed by atoms with Crippen LogP contribution in [0.5, 0.6) is 0 Å². The third-order valence-corrected chi connectivity index (χ3v) is 8.27. The fourth-order valence-electron chi connectivity index (χ4n) is 5.37. The van der Waals surface area contributed by atoms with Gasteiger partial charge in [-0.1, -0.05) is 142 Å². The van der Waals surface area contributed by atoms with E-state index in [1.54, 1.807) is 0 Å². The van der Waals surface area contributed by atoms with Crippen LogP contribution in [0.4, 0.5) is 0 Å². The Morgan fingerprint density at radius 2 is 1.03 bits per heavy atom. The van der Waals surface area contributed by atoms with Crippen LogP contribution in [-0.4, -0.2) is 0 Å². The minimum absolute atomic E-state index is 0.653. The van der Waals surface area contributed by atoms with Crippen LogP contribution in [0.15, 0.2) is 78.9 Å². The quantitative estimate of drug-likeness (QED) is 0.258. The van der Waals surface area contributed by atoms with Gasteiger partial charge in [0.2, 0.25) is 0 Å². The maximum Gasteiger partial charge on any atom is 0.121 e. The molecule has 33 heavy (non-hydrogen) atoms. The molecule has 4 rings (SSSR count). The molecule has 3 aromatic carbocycles. The van der Waals surface area contributed by atoms with E-state index in [9.17, 15) is 0 Å². The van der Waals surface area contributed by atoms with Crippen LogP contribution < -0.4 is 0 Å². The molecule has 174 valence electrons. The van der Waals surface area contributed by atoms with Crippen LogP contribution in [0.25, 0.3) is 0 Å². The first-order valence-corrected chi connectivity index (χ1v) is 13.5. The standard InChI is InChI=1S/C31H36Cl2/c32-30-20-14-13-19-29(30)31(33,27-17-11-8-12-18-27)28-23-21-26(22-24-28)25-15-9-6-4-2-1-3-5-7-10-16-25/h8,11-14,17-25H,1-7,9-10,15-16H2. The van der Waals surface area contributed by atoms with E-state index in [1.807, 2.05) is 42.5 Å². The Kier molecular flexibility index (Phi) is 8.93. The summed E-state index contributed by atoms with van der Waals surface area (Å²) in [7, 11) is 0. The zero-order valence-corrected chi connectivity index (χ0v) is 21.1. The van der Waals surface area contributed by atoms with Gasteiger partial charge in [-0.25, -0.2) is 0 Å². The average molecular weight is 480 g/mol. The topological polar surface area (TPSA) is 0 Å². The van der Waals surface area contributed by atoms with E-state index in [0.717, 1.165) is 16.7 Å². The smallest absolute Gasteiger partial charge is 0.103 e. The fraction of sp³-hybridized carbons (Fsp3) is 0.419. The molecule has 0 aromatic heterocycles. The summed E-state index contributed by atoms with van der Waals surface area (Å²) in [6, 6.07) is 27.4. The Labute approximate surface area is 210 Å². The van der Waals surface area contributed by atoms with E-state index < -0.39 is 4.87 Å². The lowest BCUT2D eigenvalue weighted by Gasteiger charge is -2.30. The van der Waals surface area contributed by atoms with Crippen molar-refractivity contribution in [3.05, 3.63) is 106 Å². The lowest BCUT2D eigenvalue weighted by Crippen LogP contribution is -2.23. The summed E-state index contributed by atoms with van der Waals surface area (Å²) < 4.78 is 0. The molecule has 1 aliphatic carbocycles. The molecule has 1 fully saturated rings. The fourth-order valence-corrected chi connectivity index (χ4v) is 6.11. The van der Waals surface area contributed by atoms with Crippen molar-refractivity contribution in [1.29, 1.82) is 0 Å². The number of alkyl halides is 1. The van der Waals surface area contributed by atoms with Crippen molar-refractivity contribution in [2.75, 3.05) is 0 Å². The summed E-state index contributed by atoms with van der Waals surface area (Å²) in [4.78, 5) is -0.815.